The Kier molecular flexibility index (Phi) is 4.05. The first-order valence-electron chi connectivity index (χ1n) is 6.95. The van der Waals surface area contributed by atoms with Gasteiger partial charge in [-0.2, -0.15) is 0 Å². The standard InChI is InChI=1S/C17H15N3O3/c1-22-14-8-12-13(9-15(14)23-2)19-16(20-17(12)21)6-5-11-4-3-7-18-10-11/h3-10H,1-2H3,(H,19,20,21). The number of fused-ring (bicyclic) bond motifs is 1. The normalized spacial score (nSPS) is 11.0. The second kappa shape index (κ2) is 6.31. The summed E-state index contributed by atoms with van der Waals surface area (Å²) in [6.07, 6.45) is 6.99. The van der Waals surface area contributed by atoms with Crippen LogP contribution in [0.4, 0.5) is 0 Å². The zero-order valence-electron chi connectivity index (χ0n) is 12.7. The Hall–Kier alpha value is -3.15. The monoisotopic (exact) mass is 309 g/mol. The maximum Gasteiger partial charge on any atom is 0.259 e. The number of nitrogens with zero attached hydrogens (tertiary/aromatic N) is 2. The lowest BCUT2D eigenvalue weighted by Crippen LogP contribution is -2.10. The molecule has 0 aliphatic heterocycles. The molecule has 116 valence electrons. The third-order valence-electron chi connectivity index (χ3n) is 3.35. The predicted octanol–water partition coefficient (Wildman–Crippen LogP) is 2.51. The van der Waals surface area contributed by atoms with Gasteiger partial charge in [0, 0.05) is 18.5 Å². The zero-order chi connectivity index (χ0) is 16.2. The molecule has 0 amide bonds. The van der Waals surface area contributed by atoms with Crippen molar-refractivity contribution in [2.75, 3.05) is 14.2 Å². The van der Waals surface area contributed by atoms with Crippen LogP contribution in [0.2, 0.25) is 0 Å². The van der Waals surface area contributed by atoms with E-state index < -0.39 is 0 Å². The number of pyridine rings is 1. The molecule has 2 aromatic heterocycles. The topological polar surface area (TPSA) is 77.1 Å². The Morgan fingerprint density at radius 2 is 1.91 bits per heavy atom. The van der Waals surface area contributed by atoms with Gasteiger partial charge in [0.2, 0.25) is 0 Å². The Balaban J connectivity index is 2.07. The molecule has 0 saturated carbocycles. The summed E-state index contributed by atoms with van der Waals surface area (Å²) in [4.78, 5) is 23.4. The minimum Gasteiger partial charge on any atom is -0.493 e. The highest BCUT2D eigenvalue weighted by Gasteiger charge is 2.10. The van der Waals surface area contributed by atoms with Crippen molar-refractivity contribution in [3.63, 3.8) is 0 Å². The molecule has 0 atom stereocenters. The van der Waals surface area contributed by atoms with Gasteiger partial charge in [-0.05, 0) is 29.8 Å². The molecule has 0 aliphatic rings. The van der Waals surface area contributed by atoms with Crippen molar-refractivity contribution < 1.29 is 9.47 Å². The molecule has 0 spiro atoms. The second-order valence-electron chi connectivity index (χ2n) is 4.80. The Labute approximate surface area is 132 Å². The summed E-state index contributed by atoms with van der Waals surface area (Å²) in [7, 11) is 3.07. The van der Waals surface area contributed by atoms with Crippen LogP contribution in [0.1, 0.15) is 11.4 Å². The summed E-state index contributed by atoms with van der Waals surface area (Å²) in [5.74, 6) is 1.48. The van der Waals surface area contributed by atoms with Crippen LogP contribution in [0.15, 0.2) is 41.5 Å². The SMILES string of the molecule is COc1cc2nc(C=Cc3cccnc3)[nH]c(=O)c2cc1OC. The highest BCUT2D eigenvalue weighted by atomic mass is 16.5. The van der Waals surface area contributed by atoms with E-state index in [1.807, 2.05) is 18.2 Å². The van der Waals surface area contributed by atoms with Crippen molar-refractivity contribution >= 4 is 23.1 Å². The van der Waals surface area contributed by atoms with Crippen LogP contribution < -0.4 is 15.0 Å². The van der Waals surface area contributed by atoms with E-state index in [4.69, 9.17) is 9.47 Å². The molecule has 0 aliphatic carbocycles. The van der Waals surface area contributed by atoms with Crippen molar-refractivity contribution in [1.82, 2.24) is 15.0 Å². The molecule has 3 aromatic rings. The number of rotatable bonds is 4. The van der Waals surface area contributed by atoms with E-state index in [1.165, 1.54) is 7.11 Å². The minimum atomic E-state index is -0.234. The number of methoxy groups -OCH3 is 2. The largest absolute Gasteiger partial charge is 0.493 e. The van der Waals surface area contributed by atoms with Crippen molar-refractivity contribution in [2.45, 2.75) is 0 Å². The molecule has 0 unspecified atom stereocenters. The van der Waals surface area contributed by atoms with Gasteiger partial charge < -0.3 is 14.5 Å². The highest BCUT2D eigenvalue weighted by Crippen LogP contribution is 2.29. The molecular formula is C17H15N3O3. The third-order valence-corrected chi connectivity index (χ3v) is 3.35. The van der Waals surface area contributed by atoms with Gasteiger partial charge >= 0.3 is 0 Å². The van der Waals surface area contributed by atoms with Gasteiger partial charge in [-0.1, -0.05) is 6.07 Å². The van der Waals surface area contributed by atoms with Crippen LogP contribution in [-0.2, 0) is 0 Å². The molecule has 2 heterocycles. The fourth-order valence-electron chi connectivity index (χ4n) is 2.21. The average Bonchev–Trinajstić information content (AvgIpc) is 2.59. The van der Waals surface area contributed by atoms with Crippen molar-refractivity contribution in [1.29, 1.82) is 0 Å². The van der Waals surface area contributed by atoms with Gasteiger partial charge in [-0.25, -0.2) is 4.98 Å². The van der Waals surface area contributed by atoms with Crippen molar-refractivity contribution in [2.24, 2.45) is 0 Å². The van der Waals surface area contributed by atoms with Crippen molar-refractivity contribution in [3.05, 3.63) is 58.4 Å². The molecular weight excluding hydrogens is 294 g/mol. The molecule has 6 heteroatoms. The summed E-state index contributed by atoms with van der Waals surface area (Å²) >= 11 is 0. The lowest BCUT2D eigenvalue weighted by molar-refractivity contribution is 0.355. The quantitative estimate of drug-likeness (QED) is 0.801. The first kappa shape index (κ1) is 14.8. The third kappa shape index (κ3) is 3.06. The lowest BCUT2D eigenvalue weighted by Gasteiger charge is -2.08. The molecule has 6 nitrogen and oxygen atoms in total. The summed E-state index contributed by atoms with van der Waals surface area (Å²) in [6, 6.07) is 7.06. The highest BCUT2D eigenvalue weighted by molar-refractivity contribution is 5.83. The fourth-order valence-corrected chi connectivity index (χ4v) is 2.21. The van der Waals surface area contributed by atoms with E-state index in [1.54, 1.807) is 37.7 Å². The van der Waals surface area contributed by atoms with E-state index in [-0.39, 0.29) is 5.56 Å². The Bertz CT molecular complexity index is 918. The maximum atomic E-state index is 12.2. The number of aromatic nitrogens is 3. The van der Waals surface area contributed by atoms with Crippen LogP contribution in [0.5, 0.6) is 11.5 Å². The Morgan fingerprint density at radius 1 is 1.13 bits per heavy atom. The molecule has 1 N–H and O–H groups in total. The molecule has 0 fully saturated rings. The van der Waals surface area contributed by atoms with Crippen LogP contribution in [0.25, 0.3) is 23.1 Å². The molecule has 0 saturated heterocycles. The van der Waals surface area contributed by atoms with Crippen LogP contribution in [-0.4, -0.2) is 29.2 Å². The zero-order valence-corrected chi connectivity index (χ0v) is 12.7. The first-order chi connectivity index (χ1) is 11.2. The predicted molar refractivity (Wildman–Crippen MR) is 88.6 cm³/mol. The molecule has 0 radical (unpaired) electrons. The number of H-pyrrole nitrogens is 1. The van der Waals surface area contributed by atoms with E-state index in [0.29, 0.717) is 28.2 Å². The Morgan fingerprint density at radius 3 is 2.61 bits per heavy atom. The van der Waals surface area contributed by atoms with E-state index in [2.05, 4.69) is 15.0 Å². The van der Waals surface area contributed by atoms with Crippen LogP contribution >= 0.6 is 0 Å². The van der Waals surface area contributed by atoms with Crippen LogP contribution in [0, 0.1) is 0 Å². The average molecular weight is 309 g/mol. The summed E-state index contributed by atoms with van der Waals surface area (Å²) in [5.41, 5.74) is 1.22. The minimum absolute atomic E-state index is 0.234. The van der Waals surface area contributed by atoms with E-state index >= 15 is 0 Å². The van der Waals surface area contributed by atoms with Crippen molar-refractivity contribution in [3.8, 4) is 11.5 Å². The molecule has 0 bridgehead atoms. The number of aromatic amines is 1. The van der Waals surface area contributed by atoms with Crippen LogP contribution in [0.3, 0.4) is 0 Å². The second-order valence-corrected chi connectivity index (χ2v) is 4.80. The van der Waals surface area contributed by atoms with Gasteiger partial charge in [0.05, 0.1) is 25.1 Å². The van der Waals surface area contributed by atoms with Gasteiger partial charge in [0.1, 0.15) is 5.82 Å². The van der Waals surface area contributed by atoms with Gasteiger partial charge in [-0.15, -0.1) is 0 Å². The summed E-state index contributed by atoms with van der Waals surface area (Å²) in [5, 5.41) is 0.446. The van der Waals surface area contributed by atoms with E-state index in [0.717, 1.165) is 5.56 Å². The lowest BCUT2D eigenvalue weighted by atomic mass is 10.2. The first-order valence-corrected chi connectivity index (χ1v) is 6.95. The van der Waals surface area contributed by atoms with Gasteiger partial charge in [0.15, 0.2) is 11.5 Å². The molecule has 23 heavy (non-hydrogen) atoms. The maximum absolute atomic E-state index is 12.2. The number of hydrogen-bond acceptors (Lipinski definition) is 5. The number of hydrogen-bond donors (Lipinski definition) is 1. The van der Waals surface area contributed by atoms with E-state index in [9.17, 15) is 4.79 Å². The molecule has 3 rings (SSSR count). The fraction of sp³-hybridized carbons (Fsp3) is 0.118. The summed E-state index contributed by atoms with van der Waals surface area (Å²) < 4.78 is 10.5. The smallest absolute Gasteiger partial charge is 0.259 e. The van der Waals surface area contributed by atoms with Gasteiger partial charge in [0.25, 0.3) is 5.56 Å². The molecule has 1 aromatic carbocycles. The number of ether oxygens (including phenoxy) is 2. The number of nitrogens with one attached hydrogen (secondary N) is 1. The summed E-state index contributed by atoms with van der Waals surface area (Å²) in [6.45, 7) is 0. The number of benzene rings is 1. The van der Waals surface area contributed by atoms with Gasteiger partial charge in [-0.3, -0.25) is 9.78 Å².